The van der Waals surface area contributed by atoms with Gasteiger partial charge >= 0.3 is 0 Å². The van der Waals surface area contributed by atoms with Crippen LogP contribution in [0, 0.1) is 51.8 Å². The fourth-order valence-electron chi connectivity index (χ4n) is 11.2. The van der Waals surface area contributed by atoms with E-state index in [4.69, 9.17) is 4.74 Å². The van der Waals surface area contributed by atoms with Crippen molar-refractivity contribution < 1.29 is 9.53 Å². The van der Waals surface area contributed by atoms with E-state index in [1.165, 1.54) is 50.5 Å². The van der Waals surface area contributed by atoms with E-state index in [9.17, 15) is 4.79 Å². The van der Waals surface area contributed by atoms with Crippen LogP contribution in [0.15, 0.2) is 45.9 Å². The molecule has 0 spiro atoms. The number of carbonyl (C=O) groups is 1. The summed E-state index contributed by atoms with van der Waals surface area (Å²) in [6.07, 6.45) is 15.5. The van der Waals surface area contributed by atoms with E-state index in [2.05, 4.69) is 56.5 Å². The van der Waals surface area contributed by atoms with Gasteiger partial charge < -0.3 is 4.74 Å². The van der Waals surface area contributed by atoms with Crippen LogP contribution < -0.4 is 0 Å². The molecule has 4 saturated carbocycles. The lowest BCUT2D eigenvalue weighted by atomic mass is 9.40. The summed E-state index contributed by atoms with van der Waals surface area (Å²) in [6.45, 7) is 16.4. The second-order valence-corrected chi connectivity index (χ2v) is 14.8. The summed E-state index contributed by atoms with van der Waals surface area (Å²) in [5, 5.41) is 7.91. The van der Waals surface area contributed by atoms with Crippen molar-refractivity contribution in [2.24, 2.45) is 62.0 Å². The van der Waals surface area contributed by atoms with Gasteiger partial charge in [-0.1, -0.05) is 40.2 Å². The van der Waals surface area contributed by atoms with Crippen molar-refractivity contribution in [3.05, 3.63) is 41.2 Å². The van der Waals surface area contributed by atoms with E-state index in [1.807, 2.05) is 12.1 Å². The van der Waals surface area contributed by atoms with E-state index in [-0.39, 0.29) is 11.3 Å². The first-order chi connectivity index (χ1) is 19.1. The van der Waals surface area contributed by atoms with E-state index in [1.54, 1.807) is 18.0 Å². The Bertz CT molecular complexity index is 1220. The molecular formula is C35H49N3O2. The number of allylic oxidation sites excluding steroid dienone is 2. The van der Waals surface area contributed by atoms with Gasteiger partial charge in [0.1, 0.15) is 0 Å². The van der Waals surface area contributed by atoms with Gasteiger partial charge in [-0.2, -0.15) is 5.10 Å². The smallest absolute Gasteiger partial charge is 0.242 e. The van der Waals surface area contributed by atoms with Crippen LogP contribution in [0.25, 0.3) is 0 Å². The lowest BCUT2D eigenvalue weighted by molar-refractivity contribution is -0.134. The third-order valence-electron chi connectivity index (χ3n) is 12.8. The lowest BCUT2D eigenvalue weighted by Gasteiger charge is -2.64. The molecule has 5 aliphatic carbocycles. The number of Topliss-reactive ketones (excluding diaryl/α,β-unsaturated/α-hetero) is 1. The van der Waals surface area contributed by atoms with Gasteiger partial charge in [0.2, 0.25) is 5.90 Å². The molecule has 8 atom stereocenters. The van der Waals surface area contributed by atoms with Gasteiger partial charge in [-0.25, -0.2) is 0 Å². The van der Waals surface area contributed by atoms with Crippen LogP contribution in [0.3, 0.4) is 0 Å². The summed E-state index contributed by atoms with van der Waals surface area (Å²) >= 11 is 0. The molecule has 216 valence electrons. The second kappa shape index (κ2) is 10.2. The number of carbonyl (C=O) groups excluding carboxylic acids is 1. The first-order valence-electron chi connectivity index (χ1n) is 16.0. The van der Waals surface area contributed by atoms with Crippen molar-refractivity contribution in [3.63, 3.8) is 0 Å². The molecule has 0 N–H and O–H groups in total. The number of ketones is 1. The first-order valence-corrected chi connectivity index (χ1v) is 16.0. The molecule has 0 saturated heterocycles. The minimum absolute atomic E-state index is 0.0777. The third kappa shape index (κ3) is 4.16. The average molecular weight is 544 g/mol. The molecule has 6 rings (SSSR count). The van der Waals surface area contributed by atoms with Gasteiger partial charge in [-0.15, -0.1) is 5.10 Å². The molecule has 0 aromatic carbocycles. The maximum absolute atomic E-state index is 13.7. The highest BCUT2D eigenvalue weighted by molar-refractivity contribution is 6.00. The summed E-state index contributed by atoms with van der Waals surface area (Å²) in [5.74, 6) is 4.97. The zero-order chi connectivity index (χ0) is 28.3. The molecule has 0 amide bonds. The van der Waals surface area contributed by atoms with Gasteiger partial charge in [0.15, 0.2) is 5.78 Å². The van der Waals surface area contributed by atoms with Crippen molar-refractivity contribution in [3.8, 4) is 0 Å². The molecular weight excluding hydrogens is 494 g/mol. The largest absolute Gasteiger partial charge is 0.476 e. The quantitative estimate of drug-likeness (QED) is 0.207. The summed E-state index contributed by atoms with van der Waals surface area (Å²) in [4.78, 5) is 17.9. The van der Waals surface area contributed by atoms with Gasteiger partial charge in [-0.3, -0.25) is 9.78 Å². The number of ether oxygens (including phenoxy) is 1. The van der Waals surface area contributed by atoms with E-state index >= 15 is 0 Å². The van der Waals surface area contributed by atoms with Crippen LogP contribution in [0.5, 0.6) is 0 Å². The van der Waals surface area contributed by atoms with Crippen LogP contribution in [0.2, 0.25) is 0 Å². The maximum Gasteiger partial charge on any atom is 0.242 e. The van der Waals surface area contributed by atoms with E-state index in [0.717, 1.165) is 36.2 Å². The third-order valence-corrected chi connectivity index (χ3v) is 12.8. The Morgan fingerprint density at radius 1 is 1.10 bits per heavy atom. The number of hydrogen-bond acceptors (Lipinski definition) is 5. The second-order valence-electron chi connectivity index (χ2n) is 14.8. The Labute approximate surface area is 241 Å². The number of rotatable bonds is 6. The molecule has 0 aliphatic heterocycles. The van der Waals surface area contributed by atoms with Crippen LogP contribution >= 0.6 is 0 Å². The Kier molecular flexibility index (Phi) is 7.11. The molecule has 5 heteroatoms. The minimum Gasteiger partial charge on any atom is -0.476 e. The molecule has 5 aliphatic rings. The van der Waals surface area contributed by atoms with Gasteiger partial charge in [0.25, 0.3) is 0 Å². The maximum atomic E-state index is 13.7. The van der Waals surface area contributed by atoms with Gasteiger partial charge in [-0.05, 0) is 122 Å². The summed E-state index contributed by atoms with van der Waals surface area (Å²) < 4.78 is 6.26. The van der Waals surface area contributed by atoms with Crippen molar-refractivity contribution in [2.45, 2.75) is 98.8 Å². The lowest BCUT2D eigenvalue weighted by Crippen LogP contribution is -2.56. The van der Waals surface area contributed by atoms with E-state index < -0.39 is 0 Å². The monoisotopic (exact) mass is 543 g/mol. The van der Waals surface area contributed by atoms with Crippen LogP contribution in [0.4, 0.5) is 0 Å². The highest BCUT2D eigenvalue weighted by Crippen LogP contribution is 2.72. The molecule has 0 radical (unpaired) electrons. The van der Waals surface area contributed by atoms with Gasteiger partial charge in [0, 0.05) is 30.9 Å². The Hall–Kier alpha value is -2.30. The molecule has 0 bridgehead atoms. The topological polar surface area (TPSA) is 63.9 Å². The highest BCUT2D eigenvalue weighted by Gasteiger charge is 2.64. The van der Waals surface area contributed by atoms with Crippen molar-refractivity contribution in [2.75, 3.05) is 6.61 Å². The van der Waals surface area contributed by atoms with Crippen molar-refractivity contribution in [1.82, 2.24) is 4.98 Å². The zero-order valence-electron chi connectivity index (χ0n) is 25.4. The molecule has 1 aromatic heterocycles. The molecule has 8 unspecified atom stereocenters. The van der Waals surface area contributed by atoms with Crippen molar-refractivity contribution in [1.29, 1.82) is 0 Å². The SMILES string of the molecule is C=N/N=C(\OCCC12CCC3C(CCC4C5(C)CCC(C)C5CCC34C)C1=C(C(C)C)C(=O)C2)c1cccnc1. The molecule has 5 nitrogen and oxygen atoms in total. The molecule has 1 aromatic rings. The predicted molar refractivity (Wildman–Crippen MR) is 161 cm³/mol. The first kappa shape index (κ1) is 27.8. The summed E-state index contributed by atoms with van der Waals surface area (Å²) in [5.41, 5.74) is 4.32. The normalized spacial score (nSPS) is 40.9. The van der Waals surface area contributed by atoms with Crippen LogP contribution in [-0.2, 0) is 9.53 Å². The zero-order valence-corrected chi connectivity index (χ0v) is 25.4. The number of nitrogens with zero attached hydrogens (tertiary/aromatic N) is 3. The Morgan fingerprint density at radius 2 is 1.85 bits per heavy atom. The van der Waals surface area contributed by atoms with Crippen molar-refractivity contribution >= 4 is 18.4 Å². The summed E-state index contributed by atoms with van der Waals surface area (Å²) in [7, 11) is 0. The standard InChI is InChI=1S/C35H49N3O2/c1-22(2)30-28(39)20-35(17-19-40-32(38-36-6)24-8-7-18-37-21-24)16-13-27-25(31(30)35)9-10-29-33(4)14-11-23(3)26(33)12-15-34(27,29)5/h7-8,18,21-23,25-27,29H,6,9-17,19-20H2,1-5H3/b38-32-. The Balaban J connectivity index is 1.29. The average Bonchev–Trinajstić information content (AvgIpc) is 3.40. The fourth-order valence-corrected chi connectivity index (χ4v) is 11.2. The molecule has 1 heterocycles. The highest BCUT2D eigenvalue weighted by atomic mass is 16.5. The predicted octanol–water partition coefficient (Wildman–Crippen LogP) is 8.05. The van der Waals surface area contributed by atoms with E-state index in [0.29, 0.717) is 47.4 Å². The number of fused-ring (bicyclic) bond motifs is 7. The van der Waals surface area contributed by atoms with Crippen LogP contribution in [0.1, 0.15) is 104 Å². The number of hydrogen-bond donors (Lipinski definition) is 0. The van der Waals surface area contributed by atoms with Crippen LogP contribution in [-0.4, -0.2) is 30.0 Å². The molecule has 4 fully saturated rings. The molecule has 40 heavy (non-hydrogen) atoms. The van der Waals surface area contributed by atoms with Gasteiger partial charge in [0.05, 0.1) is 12.2 Å². The number of pyridine rings is 1. The minimum atomic E-state index is -0.0777. The summed E-state index contributed by atoms with van der Waals surface area (Å²) in [6, 6.07) is 3.81. The number of aromatic nitrogens is 1. The Morgan fingerprint density at radius 3 is 2.58 bits per heavy atom. The fraction of sp³-hybridized carbons (Fsp3) is 0.714.